The van der Waals surface area contributed by atoms with E-state index in [4.69, 9.17) is 9.47 Å². The zero-order valence-corrected chi connectivity index (χ0v) is 17.6. The summed E-state index contributed by atoms with van der Waals surface area (Å²) in [7, 11) is 1.58. The van der Waals surface area contributed by atoms with Crippen LogP contribution in [0.1, 0.15) is 36.9 Å². The Hall–Kier alpha value is -3.86. The molecule has 0 saturated carbocycles. The topological polar surface area (TPSA) is 151 Å². The van der Waals surface area contributed by atoms with Gasteiger partial charge in [0.2, 0.25) is 5.75 Å². The number of rotatable bonds is 11. The van der Waals surface area contributed by atoms with Gasteiger partial charge in [-0.05, 0) is 30.7 Å². The first-order valence-electron chi connectivity index (χ1n) is 9.83. The van der Waals surface area contributed by atoms with Gasteiger partial charge in [-0.3, -0.25) is 25.0 Å². The molecule has 1 N–H and O–H groups in total. The molecule has 32 heavy (non-hydrogen) atoms. The first-order chi connectivity index (χ1) is 15.3. The molecule has 11 nitrogen and oxygen atoms in total. The van der Waals surface area contributed by atoms with Crippen LogP contribution in [0.3, 0.4) is 0 Å². The third-order valence-electron chi connectivity index (χ3n) is 4.54. The lowest BCUT2D eigenvalue weighted by Gasteiger charge is -2.18. The summed E-state index contributed by atoms with van der Waals surface area (Å²) in [5.74, 6) is -1.73. The van der Waals surface area contributed by atoms with Gasteiger partial charge in [-0.15, -0.1) is 0 Å². The van der Waals surface area contributed by atoms with Gasteiger partial charge in [-0.1, -0.05) is 37.6 Å². The van der Waals surface area contributed by atoms with Gasteiger partial charge in [-0.25, -0.2) is 4.79 Å². The number of nitrogens with zero attached hydrogens (tertiary/aromatic N) is 2. The maximum atomic E-state index is 12.5. The van der Waals surface area contributed by atoms with Crippen LogP contribution in [0.25, 0.3) is 0 Å². The van der Waals surface area contributed by atoms with Crippen LogP contribution >= 0.6 is 0 Å². The number of unbranched alkanes of at least 4 members (excludes halogenated alkanes) is 1. The molecule has 0 radical (unpaired) electrons. The summed E-state index contributed by atoms with van der Waals surface area (Å²) in [5, 5.41) is 25.0. The Morgan fingerprint density at radius 2 is 1.81 bits per heavy atom. The molecule has 2 aromatic rings. The Bertz CT molecular complexity index is 1010. The van der Waals surface area contributed by atoms with Crippen molar-refractivity contribution in [1.29, 1.82) is 0 Å². The number of esters is 2. The number of nitro benzene ring substituents is 2. The van der Waals surface area contributed by atoms with E-state index >= 15 is 0 Å². The van der Waals surface area contributed by atoms with Crippen molar-refractivity contribution in [3.05, 3.63) is 73.8 Å². The maximum Gasteiger partial charge on any atom is 0.327 e. The summed E-state index contributed by atoms with van der Waals surface area (Å²) < 4.78 is 10.4. The molecule has 0 fully saturated rings. The number of non-ortho nitro benzene ring substituents is 1. The zero-order chi connectivity index (χ0) is 23.7. The molecule has 0 saturated heterocycles. The number of nitro groups is 2. The number of carbonyl (C=O) groups excluding carboxylic acids is 2. The van der Waals surface area contributed by atoms with Gasteiger partial charge < -0.3 is 14.8 Å². The number of ether oxygens (including phenoxy) is 2. The van der Waals surface area contributed by atoms with Crippen molar-refractivity contribution in [2.75, 3.05) is 13.7 Å². The van der Waals surface area contributed by atoms with E-state index in [1.54, 1.807) is 31.3 Å². The van der Waals surface area contributed by atoms with Gasteiger partial charge >= 0.3 is 17.6 Å². The van der Waals surface area contributed by atoms with Gasteiger partial charge in [0.15, 0.2) is 0 Å². The van der Waals surface area contributed by atoms with E-state index in [1.165, 1.54) is 0 Å². The Balaban J connectivity index is 2.22. The highest BCUT2D eigenvalue weighted by Crippen LogP contribution is 2.31. The van der Waals surface area contributed by atoms with Crippen molar-refractivity contribution in [2.24, 2.45) is 0 Å². The molecule has 0 aromatic heterocycles. The van der Waals surface area contributed by atoms with Gasteiger partial charge in [0, 0.05) is 6.07 Å². The summed E-state index contributed by atoms with van der Waals surface area (Å²) in [6.07, 6.45) is 1.31. The molecule has 0 bridgehead atoms. The van der Waals surface area contributed by atoms with Crippen molar-refractivity contribution in [2.45, 2.75) is 32.2 Å². The van der Waals surface area contributed by atoms with Crippen LogP contribution in [0.4, 0.5) is 11.4 Å². The minimum Gasteiger partial charge on any atom is -0.464 e. The standard InChI is InChI=1S/C21H23N3O8/c1-3-4-11-31-21(26)20(22-2)16-8-6-5-7-14(16)12-19(25)32-18-10-9-15(23(27)28)13-17(18)24(29)30/h5-10,13,20,22H,3-4,11-12H2,1-2H3. The Kier molecular flexibility index (Phi) is 8.78. The predicted molar refractivity (Wildman–Crippen MR) is 113 cm³/mol. The first kappa shape index (κ1) is 24.4. The minimum atomic E-state index is -0.868. The number of nitrogens with one attached hydrogen (secondary N) is 1. The zero-order valence-electron chi connectivity index (χ0n) is 17.6. The lowest BCUT2D eigenvalue weighted by molar-refractivity contribution is -0.394. The molecule has 0 heterocycles. The molecular formula is C21H23N3O8. The lowest BCUT2D eigenvalue weighted by atomic mass is 9.98. The van der Waals surface area contributed by atoms with Crippen molar-refractivity contribution >= 4 is 23.3 Å². The molecular weight excluding hydrogens is 422 g/mol. The number of carbonyl (C=O) groups is 2. The normalized spacial score (nSPS) is 11.4. The molecule has 0 amide bonds. The SMILES string of the molecule is CCCCOC(=O)C(NC)c1ccccc1CC(=O)Oc1ccc([N+](=O)[O-])cc1[N+](=O)[O-]. The second kappa shape index (κ2) is 11.5. The monoisotopic (exact) mass is 445 g/mol. The van der Waals surface area contributed by atoms with E-state index in [1.807, 2.05) is 6.92 Å². The van der Waals surface area contributed by atoms with Gasteiger partial charge in [0.1, 0.15) is 6.04 Å². The fraction of sp³-hybridized carbons (Fsp3) is 0.333. The van der Waals surface area contributed by atoms with E-state index < -0.39 is 45.0 Å². The van der Waals surface area contributed by atoms with Gasteiger partial charge in [0.05, 0.1) is 28.9 Å². The summed E-state index contributed by atoms with van der Waals surface area (Å²) in [6, 6.07) is 8.59. The predicted octanol–water partition coefficient (Wildman–Crippen LogP) is 3.25. The third kappa shape index (κ3) is 6.32. The fourth-order valence-electron chi connectivity index (χ4n) is 2.94. The van der Waals surface area contributed by atoms with Crippen LogP contribution < -0.4 is 10.1 Å². The van der Waals surface area contributed by atoms with Crippen molar-refractivity contribution < 1.29 is 28.9 Å². The lowest BCUT2D eigenvalue weighted by Crippen LogP contribution is -2.29. The number of benzene rings is 2. The van der Waals surface area contributed by atoms with Crippen molar-refractivity contribution in [3.8, 4) is 5.75 Å². The first-order valence-corrected chi connectivity index (χ1v) is 9.83. The van der Waals surface area contributed by atoms with Crippen molar-refractivity contribution in [3.63, 3.8) is 0 Å². The smallest absolute Gasteiger partial charge is 0.327 e. The second-order valence-electron chi connectivity index (χ2n) is 6.76. The Morgan fingerprint density at radius 3 is 2.44 bits per heavy atom. The average molecular weight is 445 g/mol. The maximum absolute atomic E-state index is 12.5. The highest BCUT2D eigenvalue weighted by molar-refractivity contribution is 5.81. The van der Waals surface area contributed by atoms with Crippen molar-refractivity contribution in [1.82, 2.24) is 5.32 Å². The van der Waals surface area contributed by atoms with Crippen LogP contribution in [-0.2, 0) is 20.7 Å². The average Bonchev–Trinajstić information content (AvgIpc) is 2.75. The fourth-order valence-corrected chi connectivity index (χ4v) is 2.94. The molecule has 1 atom stereocenters. The van der Waals surface area contributed by atoms with E-state index in [0.29, 0.717) is 11.1 Å². The molecule has 0 aliphatic rings. The van der Waals surface area contributed by atoms with Crippen LogP contribution in [0.2, 0.25) is 0 Å². The molecule has 2 aromatic carbocycles. The highest BCUT2D eigenvalue weighted by atomic mass is 16.6. The minimum absolute atomic E-state index is 0.279. The summed E-state index contributed by atoms with van der Waals surface area (Å²) in [4.78, 5) is 45.4. The van der Waals surface area contributed by atoms with Gasteiger partial charge in [0.25, 0.3) is 5.69 Å². The number of hydrogen-bond acceptors (Lipinski definition) is 9. The second-order valence-corrected chi connectivity index (χ2v) is 6.76. The van der Waals surface area contributed by atoms with E-state index in [9.17, 15) is 29.8 Å². The Morgan fingerprint density at radius 1 is 1.09 bits per heavy atom. The van der Waals surface area contributed by atoms with Gasteiger partial charge in [-0.2, -0.15) is 0 Å². The summed E-state index contributed by atoms with van der Waals surface area (Å²) >= 11 is 0. The third-order valence-corrected chi connectivity index (χ3v) is 4.54. The summed E-state index contributed by atoms with van der Waals surface area (Å²) in [6.45, 7) is 2.25. The highest BCUT2D eigenvalue weighted by Gasteiger charge is 2.26. The Labute approximate surface area is 183 Å². The van der Waals surface area contributed by atoms with Crippen LogP contribution in [0.5, 0.6) is 5.75 Å². The molecule has 0 aliphatic heterocycles. The quantitative estimate of drug-likeness (QED) is 0.181. The van der Waals surface area contributed by atoms with E-state index in [-0.39, 0.29) is 13.0 Å². The van der Waals surface area contributed by atoms with Crippen LogP contribution in [-0.4, -0.2) is 35.4 Å². The van der Waals surface area contributed by atoms with E-state index in [0.717, 1.165) is 31.0 Å². The van der Waals surface area contributed by atoms with E-state index in [2.05, 4.69) is 5.32 Å². The molecule has 0 spiro atoms. The number of hydrogen-bond donors (Lipinski definition) is 1. The molecule has 2 rings (SSSR count). The summed E-state index contributed by atoms with van der Waals surface area (Å²) in [5.41, 5.74) is -0.228. The number of likely N-dealkylation sites (N-methyl/N-ethyl adjacent to an activating group) is 1. The molecule has 0 aliphatic carbocycles. The molecule has 170 valence electrons. The molecule has 1 unspecified atom stereocenters. The van der Waals surface area contributed by atoms with Crippen LogP contribution in [0.15, 0.2) is 42.5 Å². The van der Waals surface area contributed by atoms with Crippen LogP contribution in [0, 0.1) is 20.2 Å². The molecule has 11 heteroatoms. The largest absolute Gasteiger partial charge is 0.464 e.